The highest BCUT2D eigenvalue weighted by molar-refractivity contribution is 7.17. The van der Waals surface area contributed by atoms with E-state index in [-0.39, 0.29) is 18.4 Å². The lowest BCUT2D eigenvalue weighted by Gasteiger charge is -2.06. The third-order valence-corrected chi connectivity index (χ3v) is 3.34. The molecule has 0 aliphatic heterocycles. The number of nitrogens with two attached hydrogens (primary N) is 1. The number of hydrogen-bond donors (Lipinski definition) is 2. The maximum Gasteiger partial charge on any atom is 0.350 e. The predicted octanol–water partition coefficient (Wildman–Crippen LogP) is 1.16. The molecule has 1 amide bonds. The van der Waals surface area contributed by atoms with E-state index < -0.39 is 5.97 Å². The van der Waals surface area contributed by atoms with Crippen molar-refractivity contribution in [2.45, 2.75) is 20.8 Å². The quantitative estimate of drug-likeness (QED) is 0.784. The van der Waals surface area contributed by atoms with Crippen LogP contribution in [0.3, 0.4) is 0 Å². The summed E-state index contributed by atoms with van der Waals surface area (Å²) in [5.41, 5.74) is 5.95. The molecule has 18 heavy (non-hydrogen) atoms. The second-order valence-corrected chi connectivity index (χ2v) is 4.78. The van der Waals surface area contributed by atoms with Crippen molar-refractivity contribution in [1.82, 2.24) is 4.98 Å². The number of esters is 1. The van der Waals surface area contributed by atoms with E-state index in [1.807, 2.05) is 0 Å². The molecule has 0 radical (unpaired) electrons. The summed E-state index contributed by atoms with van der Waals surface area (Å²) in [6.45, 7) is 5.73. The summed E-state index contributed by atoms with van der Waals surface area (Å²) in [6.07, 6.45) is 0. The van der Waals surface area contributed by atoms with Gasteiger partial charge in [-0.1, -0.05) is 18.3 Å². The van der Waals surface area contributed by atoms with Crippen LogP contribution in [0.1, 0.15) is 29.2 Å². The molecule has 0 bridgehead atoms. The lowest BCUT2D eigenvalue weighted by atomic mass is 10.2. The number of nitrogens with zero attached hydrogens (tertiary/aromatic N) is 1. The number of carbonyl (C=O) groups is 2. The zero-order valence-electron chi connectivity index (χ0n) is 10.6. The Morgan fingerprint density at radius 3 is 2.78 bits per heavy atom. The Labute approximate surface area is 110 Å². The third-order valence-electron chi connectivity index (χ3n) is 2.29. The minimum atomic E-state index is -0.417. The van der Waals surface area contributed by atoms with Gasteiger partial charge in [-0.25, -0.2) is 9.78 Å². The first kappa shape index (κ1) is 14.6. The molecule has 0 saturated carbocycles. The SMILES string of the molecule is CCOC(=O)c1sc(NC(=O)C(C)CN)nc1C. The number of hydrogen-bond acceptors (Lipinski definition) is 6. The molecule has 0 fully saturated rings. The molecular formula is C11H17N3O3S. The van der Waals surface area contributed by atoms with E-state index in [0.717, 1.165) is 11.3 Å². The van der Waals surface area contributed by atoms with Gasteiger partial charge in [0.15, 0.2) is 5.13 Å². The van der Waals surface area contributed by atoms with Gasteiger partial charge in [0.05, 0.1) is 12.3 Å². The van der Waals surface area contributed by atoms with E-state index in [4.69, 9.17) is 10.5 Å². The molecule has 0 spiro atoms. The fourth-order valence-electron chi connectivity index (χ4n) is 1.17. The zero-order chi connectivity index (χ0) is 13.7. The Hall–Kier alpha value is -1.47. The molecule has 1 rings (SSSR count). The standard InChI is InChI=1S/C11H17N3O3S/c1-4-17-10(16)8-7(3)13-11(18-8)14-9(15)6(2)5-12/h6H,4-5,12H2,1-3H3,(H,13,14,15). The molecular weight excluding hydrogens is 254 g/mol. The largest absolute Gasteiger partial charge is 0.462 e. The number of anilines is 1. The Bertz CT molecular complexity index is 445. The molecule has 0 aliphatic carbocycles. The van der Waals surface area contributed by atoms with Crippen molar-refractivity contribution in [2.24, 2.45) is 11.7 Å². The molecule has 6 nitrogen and oxygen atoms in total. The topological polar surface area (TPSA) is 94.3 Å². The number of carbonyl (C=O) groups excluding carboxylic acids is 2. The van der Waals surface area contributed by atoms with E-state index in [0.29, 0.717) is 22.3 Å². The molecule has 0 aromatic carbocycles. The van der Waals surface area contributed by atoms with Crippen LogP contribution in [-0.2, 0) is 9.53 Å². The first-order valence-corrected chi connectivity index (χ1v) is 6.46. The predicted molar refractivity (Wildman–Crippen MR) is 69.7 cm³/mol. The Morgan fingerprint density at radius 2 is 2.22 bits per heavy atom. The van der Waals surface area contributed by atoms with Gasteiger partial charge in [-0.05, 0) is 13.8 Å². The van der Waals surface area contributed by atoms with Gasteiger partial charge in [-0.15, -0.1) is 0 Å². The van der Waals surface area contributed by atoms with Crippen molar-refractivity contribution in [2.75, 3.05) is 18.5 Å². The number of thiazole rings is 1. The van der Waals surface area contributed by atoms with Crippen LogP contribution in [0.2, 0.25) is 0 Å². The normalized spacial score (nSPS) is 12.0. The molecule has 1 atom stereocenters. The van der Waals surface area contributed by atoms with E-state index in [9.17, 15) is 9.59 Å². The summed E-state index contributed by atoms with van der Waals surface area (Å²) < 4.78 is 4.89. The number of ether oxygens (including phenoxy) is 1. The molecule has 1 aromatic rings. The van der Waals surface area contributed by atoms with Crippen LogP contribution in [0, 0.1) is 12.8 Å². The van der Waals surface area contributed by atoms with Gasteiger partial charge in [-0.3, -0.25) is 4.79 Å². The number of rotatable bonds is 5. The van der Waals surface area contributed by atoms with E-state index >= 15 is 0 Å². The van der Waals surface area contributed by atoms with Gasteiger partial charge in [-0.2, -0.15) is 0 Å². The third kappa shape index (κ3) is 3.51. The van der Waals surface area contributed by atoms with Gasteiger partial charge in [0.1, 0.15) is 4.88 Å². The Morgan fingerprint density at radius 1 is 1.56 bits per heavy atom. The lowest BCUT2D eigenvalue weighted by molar-refractivity contribution is -0.119. The van der Waals surface area contributed by atoms with Crippen LogP contribution in [-0.4, -0.2) is 30.0 Å². The molecule has 100 valence electrons. The average Bonchev–Trinajstić information content (AvgIpc) is 2.69. The van der Waals surface area contributed by atoms with Crippen molar-refractivity contribution in [3.8, 4) is 0 Å². The number of aryl methyl sites for hydroxylation is 1. The van der Waals surface area contributed by atoms with Crippen LogP contribution in [0.25, 0.3) is 0 Å². The number of nitrogens with one attached hydrogen (secondary N) is 1. The molecule has 1 unspecified atom stereocenters. The van der Waals surface area contributed by atoms with E-state index in [1.54, 1.807) is 20.8 Å². The minimum absolute atomic E-state index is 0.207. The maximum atomic E-state index is 11.6. The van der Waals surface area contributed by atoms with Crippen LogP contribution >= 0.6 is 11.3 Å². The van der Waals surface area contributed by atoms with Gasteiger partial charge in [0.2, 0.25) is 5.91 Å². The van der Waals surface area contributed by atoms with Crippen LogP contribution < -0.4 is 11.1 Å². The Kier molecular flexibility index (Phi) is 5.24. The molecule has 1 heterocycles. The number of amides is 1. The van der Waals surface area contributed by atoms with Crippen LogP contribution in [0.5, 0.6) is 0 Å². The van der Waals surface area contributed by atoms with Crippen LogP contribution in [0.15, 0.2) is 0 Å². The molecule has 0 aliphatic rings. The van der Waals surface area contributed by atoms with Crippen molar-refractivity contribution in [3.63, 3.8) is 0 Å². The lowest BCUT2D eigenvalue weighted by Crippen LogP contribution is -2.26. The van der Waals surface area contributed by atoms with Crippen molar-refractivity contribution < 1.29 is 14.3 Å². The molecule has 7 heteroatoms. The fourth-order valence-corrected chi connectivity index (χ4v) is 2.03. The highest BCUT2D eigenvalue weighted by Gasteiger charge is 2.18. The van der Waals surface area contributed by atoms with Gasteiger partial charge in [0.25, 0.3) is 0 Å². The highest BCUT2D eigenvalue weighted by atomic mass is 32.1. The molecule has 3 N–H and O–H groups in total. The average molecular weight is 271 g/mol. The van der Waals surface area contributed by atoms with Crippen molar-refractivity contribution in [3.05, 3.63) is 10.6 Å². The Balaban J connectivity index is 2.78. The second-order valence-electron chi connectivity index (χ2n) is 3.78. The smallest absolute Gasteiger partial charge is 0.350 e. The maximum absolute atomic E-state index is 11.6. The zero-order valence-corrected chi connectivity index (χ0v) is 11.5. The number of aromatic nitrogens is 1. The minimum Gasteiger partial charge on any atom is -0.462 e. The first-order valence-electron chi connectivity index (χ1n) is 5.65. The van der Waals surface area contributed by atoms with Crippen molar-refractivity contribution >= 4 is 28.3 Å². The summed E-state index contributed by atoms with van der Waals surface area (Å²) in [7, 11) is 0. The second kappa shape index (κ2) is 6.46. The fraction of sp³-hybridized carbons (Fsp3) is 0.545. The van der Waals surface area contributed by atoms with E-state index in [1.165, 1.54) is 0 Å². The molecule has 1 aromatic heterocycles. The van der Waals surface area contributed by atoms with Crippen LogP contribution in [0.4, 0.5) is 5.13 Å². The van der Waals surface area contributed by atoms with Gasteiger partial charge < -0.3 is 15.8 Å². The van der Waals surface area contributed by atoms with Gasteiger partial charge >= 0.3 is 5.97 Å². The summed E-state index contributed by atoms with van der Waals surface area (Å²) in [4.78, 5) is 27.7. The summed E-state index contributed by atoms with van der Waals surface area (Å²) in [5.74, 6) is -0.915. The summed E-state index contributed by atoms with van der Waals surface area (Å²) in [6, 6.07) is 0. The molecule has 0 saturated heterocycles. The van der Waals surface area contributed by atoms with E-state index in [2.05, 4.69) is 10.3 Å². The van der Waals surface area contributed by atoms with Gasteiger partial charge in [0, 0.05) is 12.5 Å². The van der Waals surface area contributed by atoms with Crippen molar-refractivity contribution in [1.29, 1.82) is 0 Å². The monoisotopic (exact) mass is 271 g/mol. The summed E-state index contributed by atoms with van der Waals surface area (Å²) in [5, 5.41) is 3.02. The summed E-state index contributed by atoms with van der Waals surface area (Å²) >= 11 is 1.11. The first-order chi connectivity index (χ1) is 8.49. The highest BCUT2D eigenvalue weighted by Crippen LogP contribution is 2.23.